The molecular weight excluding hydrogens is 194 g/mol. The van der Waals surface area contributed by atoms with Crippen LogP contribution in [-0.4, -0.2) is 49.2 Å². The van der Waals surface area contributed by atoms with Gasteiger partial charge in [-0.3, -0.25) is 4.79 Å². The van der Waals surface area contributed by atoms with E-state index in [1.165, 1.54) is 0 Å². The monoisotopic (exact) mass is 211 g/mol. The van der Waals surface area contributed by atoms with Crippen LogP contribution < -0.4 is 5.32 Å². The Kier molecular flexibility index (Phi) is 4.53. The van der Waals surface area contributed by atoms with Gasteiger partial charge in [0.2, 0.25) is 5.91 Å². The number of morpholine rings is 1. The summed E-state index contributed by atoms with van der Waals surface area (Å²) >= 11 is 0. The van der Waals surface area contributed by atoms with Crippen LogP contribution in [0.3, 0.4) is 0 Å². The molecule has 1 aliphatic heterocycles. The van der Waals surface area contributed by atoms with Crippen LogP contribution in [0.4, 0.5) is 0 Å². The number of carbonyl (C=O) groups is 1. The average molecular weight is 211 g/mol. The fourth-order valence-electron chi connectivity index (χ4n) is 1.36. The summed E-state index contributed by atoms with van der Waals surface area (Å²) in [5.41, 5.74) is 0. The standard InChI is InChI=1S/C10H17N3O2/c1-8(2)12-6-10(14)13-3-4-15-9(5-11)7-13/h8-9,12H,3-4,6-7H2,1-2H3. The summed E-state index contributed by atoms with van der Waals surface area (Å²) in [7, 11) is 0. The van der Waals surface area contributed by atoms with E-state index in [2.05, 4.69) is 5.32 Å². The Morgan fingerprint density at radius 2 is 2.47 bits per heavy atom. The number of hydrogen-bond acceptors (Lipinski definition) is 4. The van der Waals surface area contributed by atoms with Gasteiger partial charge in [-0.1, -0.05) is 13.8 Å². The second kappa shape index (κ2) is 5.69. The molecule has 84 valence electrons. The summed E-state index contributed by atoms with van der Waals surface area (Å²) in [6, 6.07) is 2.31. The lowest BCUT2D eigenvalue weighted by molar-refractivity contribution is -0.136. The fourth-order valence-corrected chi connectivity index (χ4v) is 1.36. The molecule has 0 aromatic heterocycles. The van der Waals surface area contributed by atoms with Crippen molar-refractivity contribution in [2.24, 2.45) is 0 Å². The average Bonchev–Trinajstić information content (AvgIpc) is 2.26. The van der Waals surface area contributed by atoms with Crippen LogP contribution >= 0.6 is 0 Å². The van der Waals surface area contributed by atoms with E-state index in [1.54, 1.807) is 4.90 Å². The SMILES string of the molecule is CC(C)NCC(=O)N1CCOC(C#N)C1. The quantitative estimate of drug-likeness (QED) is 0.698. The fraction of sp³-hybridized carbons (Fsp3) is 0.800. The highest BCUT2D eigenvalue weighted by Crippen LogP contribution is 2.04. The summed E-state index contributed by atoms with van der Waals surface area (Å²) < 4.78 is 5.16. The third-order valence-corrected chi connectivity index (χ3v) is 2.22. The molecule has 1 rings (SSSR count). The minimum Gasteiger partial charge on any atom is -0.360 e. The van der Waals surface area contributed by atoms with Gasteiger partial charge in [-0.25, -0.2) is 0 Å². The van der Waals surface area contributed by atoms with E-state index in [9.17, 15) is 4.79 Å². The number of carbonyl (C=O) groups excluding carboxylic acids is 1. The molecule has 1 fully saturated rings. The van der Waals surface area contributed by atoms with Gasteiger partial charge >= 0.3 is 0 Å². The molecule has 0 aromatic carbocycles. The Hall–Kier alpha value is -1.12. The van der Waals surface area contributed by atoms with E-state index in [0.29, 0.717) is 32.3 Å². The zero-order valence-electron chi connectivity index (χ0n) is 9.19. The van der Waals surface area contributed by atoms with Gasteiger partial charge in [0.05, 0.1) is 25.8 Å². The molecule has 5 heteroatoms. The number of ether oxygens (including phenoxy) is 1. The predicted molar refractivity (Wildman–Crippen MR) is 55.1 cm³/mol. The summed E-state index contributed by atoms with van der Waals surface area (Å²) in [6.45, 7) is 5.72. The molecule has 0 radical (unpaired) electrons. The summed E-state index contributed by atoms with van der Waals surface area (Å²) in [4.78, 5) is 13.3. The first-order chi connectivity index (χ1) is 7.13. The van der Waals surface area contributed by atoms with Crippen LogP contribution in [0.1, 0.15) is 13.8 Å². The molecule has 0 aliphatic carbocycles. The van der Waals surface area contributed by atoms with Gasteiger partial charge < -0.3 is 15.0 Å². The molecule has 1 N–H and O–H groups in total. The Morgan fingerprint density at radius 1 is 1.73 bits per heavy atom. The van der Waals surface area contributed by atoms with Crippen LogP contribution in [0.25, 0.3) is 0 Å². The van der Waals surface area contributed by atoms with Crippen molar-refractivity contribution in [1.29, 1.82) is 5.26 Å². The van der Waals surface area contributed by atoms with E-state index in [0.717, 1.165) is 0 Å². The zero-order valence-corrected chi connectivity index (χ0v) is 9.19. The van der Waals surface area contributed by atoms with Crippen LogP contribution in [-0.2, 0) is 9.53 Å². The minimum absolute atomic E-state index is 0.0345. The highest BCUT2D eigenvalue weighted by molar-refractivity contribution is 5.78. The van der Waals surface area contributed by atoms with E-state index >= 15 is 0 Å². The van der Waals surface area contributed by atoms with Gasteiger partial charge in [-0.05, 0) is 0 Å². The molecule has 1 unspecified atom stereocenters. The molecule has 0 spiro atoms. The van der Waals surface area contributed by atoms with Crippen LogP contribution in [0, 0.1) is 11.3 Å². The van der Waals surface area contributed by atoms with Crippen molar-refractivity contribution in [3.8, 4) is 6.07 Å². The Bertz CT molecular complexity index is 260. The Labute approximate surface area is 90.0 Å². The summed E-state index contributed by atoms with van der Waals surface area (Å²) in [5.74, 6) is 0.0345. The second-order valence-corrected chi connectivity index (χ2v) is 3.86. The first kappa shape index (κ1) is 12.0. The maximum atomic E-state index is 11.7. The third-order valence-electron chi connectivity index (χ3n) is 2.22. The minimum atomic E-state index is -0.471. The normalized spacial score (nSPS) is 21.5. The highest BCUT2D eigenvalue weighted by Gasteiger charge is 2.23. The van der Waals surface area contributed by atoms with E-state index in [4.69, 9.17) is 10.00 Å². The van der Waals surface area contributed by atoms with Crippen molar-refractivity contribution in [2.75, 3.05) is 26.2 Å². The Balaban J connectivity index is 2.36. The van der Waals surface area contributed by atoms with E-state index in [-0.39, 0.29) is 5.91 Å². The third kappa shape index (κ3) is 3.86. The lowest BCUT2D eigenvalue weighted by Gasteiger charge is -2.30. The number of nitrogens with one attached hydrogen (secondary N) is 1. The molecule has 0 aromatic rings. The zero-order chi connectivity index (χ0) is 11.3. The summed E-state index contributed by atoms with van der Waals surface area (Å²) in [5, 5.41) is 11.7. The maximum absolute atomic E-state index is 11.7. The van der Waals surface area contributed by atoms with Crippen LogP contribution in [0.5, 0.6) is 0 Å². The number of hydrogen-bond donors (Lipinski definition) is 1. The van der Waals surface area contributed by atoms with Crippen LogP contribution in [0.15, 0.2) is 0 Å². The van der Waals surface area contributed by atoms with Gasteiger partial charge in [0.1, 0.15) is 0 Å². The first-order valence-electron chi connectivity index (χ1n) is 5.16. The molecule has 1 saturated heterocycles. The molecule has 0 saturated carbocycles. The lowest BCUT2D eigenvalue weighted by atomic mass is 10.3. The molecule has 1 atom stereocenters. The molecule has 0 bridgehead atoms. The van der Waals surface area contributed by atoms with E-state index in [1.807, 2.05) is 19.9 Å². The van der Waals surface area contributed by atoms with Crippen molar-refractivity contribution in [3.05, 3.63) is 0 Å². The Morgan fingerprint density at radius 3 is 3.07 bits per heavy atom. The van der Waals surface area contributed by atoms with Gasteiger partial charge in [-0.2, -0.15) is 5.26 Å². The molecule has 5 nitrogen and oxygen atoms in total. The van der Waals surface area contributed by atoms with Crippen molar-refractivity contribution in [3.63, 3.8) is 0 Å². The predicted octanol–water partition coefficient (Wildman–Crippen LogP) is -0.265. The van der Waals surface area contributed by atoms with Crippen LogP contribution in [0.2, 0.25) is 0 Å². The van der Waals surface area contributed by atoms with Gasteiger partial charge in [0, 0.05) is 12.6 Å². The smallest absolute Gasteiger partial charge is 0.236 e. The van der Waals surface area contributed by atoms with Gasteiger partial charge in [0.15, 0.2) is 6.10 Å². The molecule has 15 heavy (non-hydrogen) atoms. The van der Waals surface area contributed by atoms with Gasteiger partial charge in [-0.15, -0.1) is 0 Å². The number of nitrogens with zero attached hydrogens (tertiary/aromatic N) is 2. The topological polar surface area (TPSA) is 65.4 Å². The summed E-state index contributed by atoms with van der Waals surface area (Å²) in [6.07, 6.45) is -0.471. The van der Waals surface area contributed by atoms with Crippen molar-refractivity contribution < 1.29 is 9.53 Å². The largest absolute Gasteiger partial charge is 0.360 e. The van der Waals surface area contributed by atoms with Crippen molar-refractivity contribution in [1.82, 2.24) is 10.2 Å². The molecule has 1 aliphatic rings. The van der Waals surface area contributed by atoms with Crippen molar-refractivity contribution >= 4 is 5.91 Å². The lowest BCUT2D eigenvalue weighted by Crippen LogP contribution is -2.48. The maximum Gasteiger partial charge on any atom is 0.236 e. The van der Waals surface area contributed by atoms with E-state index < -0.39 is 6.10 Å². The molecular formula is C10H17N3O2. The second-order valence-electron chi connectivity index (χ2n) is 3.86. The number of amides is 1. The number of nitriles is 1. The molecule has 1 amide bonds. The first-order valence-corrected chi connectivity index (χ1v) is 5.16. The van der Waals surface area contributed by atoms with Gasteiger partial charge in [0.25, 0.3) is 0 Å². The number of rotatable bonds is 3. The highest BCUT2D eigenvalue weighted by atomic mass is 16.5. The molecule has 1 heterocycles. The van der Waals surface area contributed by atoms with Crippen molar-refractivity contribution in [2.45, 2.75) is 26.0 Å².